The highest BCUT2D eigenvalue weighted by molar-refractivity contribution is 7.92. The number of hydrogen-bond acceptors (Lipinski definition) is 5. The van der Waals surface area contributed by atoms with Crippen LogP contribution < -0.4 is 4.72 Å². The van der Waals surface area contributed by atoms with E-state index in [2.05, 4.69) is 4.98 Å². The Morgan fingerprint density at radius 3 is 2.12 bits per heavy atom. The van der Waals surface area contributed by atoms with Crippen LogP contribution in [0.3, 0.4) is 0 Å². The van der Waals surface area contributed by atoms with Crippen LogP contribution >= 0.6 is 11.6 Å². The van der Waals surface area contributed by atoms with Gasteiger partial charge >= 0.3 is 0 Å². The van der Waals surface area contributed by atoms with Gasteiger partial charge in [-0.05, 0) is 79.6 Å². The smallest absolute Gasteiger partial charge is 0.282 e. The van der Waals surface area contributed by atoms with Crippen molar-refractivity contribution in [1.82, 2.24) is 9.71 Å². The third-order valence-corrected chi connectivity index (χ3v) is 8.47. The van der Waals surface area contributed by atoms with E-state index in [-0.39, 0.29) is 25.7 Å². The Morgan fingerprint density at radius 1 is 0.882 bits per heavy atom. The third kappa shape index (κ3) is 4.44. The number of fused-ring (bicyclic) bond motifs is 1. The highest BCUT2D eigenvalue weighted by Crippen LogP contribution is 2.34. The first kappa shape index (κ1) is 23.9. The van der Waals surface area contributed by atoms with Crippen LogP contribution in [0, 0.1) is 19.7 Å². The fraction of sp³-hybridized carbons (Fsp3) is 0.0870. The van der Waals surface area contributed by atoms with Gasteiger partial charge in [0, 0.05) is 15.9 Å². The van der Waals surface area contributed by atoms with Gasteiger partial charge in [-0.15, -0.1) is 0 Å². The van der Waals surface area contributed by atoms with Crippen LogP contribution in [0.5, 0.6) is 0 Å². The summed E-state index contributed by atoms with van der Waals surface area (Å²) in [6.07, 6.45) is 0. The molecule has 0 bridgehead atoms. The second-order valence-electron chi connectivity index (χ2n) is 7.73. The van der Waals surface area contributed by atoms with Gasteiger partial charge < -0.3 is 4.98 Å². The number of aromatic amines is 1. The fourth-order valence-electron chi connectivity index (χ4n) is 3.63. The molecule has 2 N–H and O–H groups in total. The molecular formula is C23H18ClFN2O5S2. The van der Waals surface area contributed by atoms with Crippen LogP contribution in [0.4, 0.5) is 4.39 Å². The van der Waals surface area contributed by atoms with Crippen molar-refractivity contribution in [2.24, 2.45) is 0 Å². The van der Waals surface area contributed by atoms with Gasteiger partial charge in [-0.2, -0.15) is 0 Å². The zero-order valence-corrected chi connectivity index (χ0v) is 20.3. The molecule has 0 aliphatic rings. The average molecular weight is 521 g/mol. The topological polar surface area (TPSA) is 113 Å². The van der Waals surface area contributed by atoms with E-state index in [0.29, 0.717) is 11.1 Å². The minimum absolute atomic E-state index is 0.0543. The highest BCUT2D eigenvalue weighted by atomic mass is 35.5. The fourth-order valence-corrected chi connectivity index (χ4v) is 6.55. The van der Waals surface area contributed by atoms with Crippen LogP contribution in [0.25, 0.3) is 10.9 Å². The van der Waals surface area contributed by atoms with Crippen LogP contribution in [0.15, 0.2) is 75.4 Å². The molecule has 0 aliphatic heterocycles. The summed E-state index contributed by atoms with van der Waals surface area (Å²) in [4.78, 5) is 15.0. The van der Waals surface area contributed by atoms with E-state index < -0.39 is 42.2 Å². The third-order valence-electron chi connectivity index (χ3n) is 5.07. The van der Waals surface area contributed by atoms with E-state index in [1.54, 1.807) is 19.9 Å². The molecule has 1 amide bonds. The van der Waals surface area contributed by atoms with Crippen molar-refractivity contribution < 1.29 is 26.0 Å². The molecule has 4 aromatic rings. The lowest BCUT2D eigenvalue weighted by Gasteiger charge is -2.10. The quantitative estimate of drug-likeness (QED) is 0.401. The van der Waals surface area contributed by atoms with Gasteiger partial charge in [-0.1, -0.05) is 17.7 Å². The van der Waals surface area contributed by atoms with Crippen molar-refractivity contribution in [3.63, 3.8) is 0 Å². The van der Waals surface area contributed by atoms with Gasteiger partial charge in [0.15, 0.2) is 0 Å². The second-order valence-corrected chi connectivity index (χ2v) is 11.7. The van der Waals surface area contributed by atoms with Crippen molar-refractivity contribution in [3.05, 3.63) is 88.3 Å². The van der Waals surface area contributed by atoms with Gasteiger partial charge in [0.05, 0.1) is 9.79 Å². The molecule has 0 saturated heterocycles. The molecule has 3 aromatic carbocycles. The van der Waals surface area contributed by atoms with Crippen molar-refractivity contribution in [1.29, 1.82) is 0 Å². The summed E-state index contributed by atoms with van der Waals surface area (Å²) in [5.41, 5.74) is 1.20. The number of benzene rings is 3. The average Bonchev–Trinajstić information content (AvgIpc) is 3.12. The lowest BCUT2D eigenvalue weighted by molar-refractivity contribution is 0.0974. The number of nitrogens with one attached hydrogen (secondary N) is 2. The monoisotopic (exact) mass is 520 g/mol. The van der Waals surface area contributed by atoms with E-state index >= 15 is 0 Å². The summed E-state index contributed by atoms with van der Waals surface area (Å²) < 4.78 is 67.8. The van der Waals surface area contributed by atoms with Crippen molar-refractivity contribution in [2.45, 2.75) is 28.5 Å². The van der Waals surface area contributed by atoms with E-state index in [4.69, 9.17) is 11.6 Å². The first-order chi connectivity index (χ1) is 15.9. The number of H-pyrrole nitrogens is 1. The molecule has 0 aliphatic carbocycles. The summed E-state index contributed by atoms with van der Waals surface area (Å²) in [5, 5.41) is 0.366. The molecule has 7 nitrogen and oxygen atoms in total. The number of rotatable bonds is 5. The molecule has 0 atom stereocenters. The number of sulfone groups is 1. The number of aryl methyl sites for hydroxylation is 2. The number of halogens is 2. The Labute approximate surface area is 200 Å². The number of amides is 1. The summed E-state index contributed by atoms with van der Waals surface area (Å²) in [5.74, 6) is -1.85. The molecule has 0 fully saturated rings. The van der Waals surface area contributed by atoms with Gasteiger partial charge in [-0.3, -0.25) is 4.79 Å². The maximum atomic E-state index is 13.7. The Balaban J connectivity index is 1.89. The standard InChI is InChI=1S/C23H18ClFN2O5S2/c1-13-9-14(2)11-18(10-13)33(29,30)22-19-12-15(24)3-8-20(19)26-21(22)23(28)27-34(31,32)17-6-4-16(25)5-7-17/h3-12,26H,1-2H3,(H,27,28). The summed E-state index contributed by atoms with van der Waals surface area (Å²) >= 11 is 6.09. The lowest BCUT2D eigenvalue weighted by Crippen LogP contribution is -2.31. The second kappa shape index (κ2) is 8.53. The molecular weight excluding hydrogens is 503 g/mol. The lowest BCUT2D eigenvalue weighted by atomic mass is 10.2. The maximum Gasteiger partial charge on any atom is 0.282 e. The Bertz CT molecular complexity index is 1640. The Hall–Kier alpha value is -3.21. The molecule has 0 unspecified atom stereocenters. The van der Waals surface area contributed by atoms with Gasteiger partial charge in [0.1, 0.15) is 16.4 Å². The van der Waals surface area contributed by atoms with Crippen LogP contribution in [0.2, 0.25) is 5.02 Å². The molecule has 0 spiro atoms. The minimum atomic E-state index is -4.42. The molecule has 0 radical (unpaired) electrons. The van der Waals surface area contributed by atoms with Crippen LogP contribution in [0.1, 0.15) is 21.6 Å². The number of carbonyl (C=O) groups excluding carboxylic acids is 1. The first-order valence-electron chi connectivity index (χ1n) is 9.86. The number of sulfonamides is 1. The van der Waals surface area contributed by atoms with Crippen molar-refractivity contribution in [2.75, 3.05) is 0 Å². The van der Waals surface area contributed by atoms with E-state index in [1.165, 1.54) is 30.3 Å². The van der Waals surface area contributed by atoms with E-state index in [0.717, 1.165) is 24.3 Å². The molecule has 4 rings (SSSR count). The summed E-state index contributed by atoms with van der Waals surface area (Å²) in [7, 11) is -8.70. The zero-order chi connectivity index (χ0) is 24.8. The predicted molar refractivity (Wildman–Crippen MR) is 126 cm³/mol. The number of aromatic nitrogens is 1. The largest absolute Gasteiger partial charge is 0.349 e. The molecule has 176 valence electrons. The van der Waals surface area contributed by atoms with Gasteiger partial charge in [-0.25, -0.2) is 25.9 Å². The highest BCUT2D eigenvalue weighted by Gasteiger charge is 2.32. The Kier molecular flexibility index (Phi) is 6.01. The van der Waals surface area contributed by atoms with Crippen molar-refractivity contribution >= 4 is 48.3 Å². The van der Waals surface area contributed by atoms with E-state index in [1.807, 2.05) is 4.72 Å². The number of hydrogen-bond donors (Lipinski definition) is 2. The van der Waals surface area contributed by atoms with E-state index in [9.17, 15) is 26.0 Å². The first-order valence-corrected chi connectivity index (χ1v) is 13.2. The van der Waals surface area contributed by atoms with Gasteiger partial charge in [0.25, 0.3) is 15.9 Å². The Morgan fingerprint density at radius 2 is 1.50 bits per heavy atom. The predicted octanol–water partition coefficient (Wildman–Crippen LogP) is 4.53. The molecule has 1 heterocycles. The summed E-state index contributed by atoms with van der Waals surface area (Å²) in [6.45, 7) is 3.47. The van der Waals surface area contributed by atoms with Crippen LogP contribution in [-0.2, 0) is 19.9 Å². The molecule has 1 aromatic heterocycles. The SMILES string of the molecule is Cc1cc(C)cc(S(=O)(=O)c2c(C(=O)NS(=O)(=O)c3ccc(F)cc3)[nH]c3ccc(Cl)cc23)c1. The minimum Gasteiger partial charge on any atom is -0.349 e. The van der Waals surface area contributed by atoms with Gasteiger partial charge in [0.2, 0.25) is 9.84 Å². The normalized spacial score (nSPS) is 12.1. The molecule has 34 heavy (non-hydrogen) atoms. The van der Waals surface area contributed by atoms with Crippen LogP contribution in [-0.4, -0.2) is 27.7 Å². The summed E-state index contributed by atoms with van der Waals surface area (Å²) in [6, 6.07) is 12.9. The van der Waals surface area contributed by atoms with Crippen molar-refractivity contribution in [3.8, 4) is 0 Å². The maximum absolute atomic E-state index is 13.7. The number of carbonyl (C=O) groups is 1. The molecule has 11 heteroatoms. The molecule has 0 saturated carbocycles. The zero-order valence-electron chi connectivity index (χ0n) is 17.9.